The predicted molar refractivity (Wildman–Crippen MR) is 105 cm³/mol. The number of rotatable bonds is 4. The molecule has 0 bridgehead atoms. The molecule has 0 N–H and O–H groups in total. The van der Waals surface area contributed by atoms with E-state index >= 15 is 0 Å². The Hall–Kier alpha value is -3.22. The van der Waals surface area contributed by atoms with Gasteiger partial charge in [-0.1, -0.05) is 11.2 Å². The number of nitrogens with zero attached hydrogens (tertiary/aromatic N) is 4. The number of aryl methyl sites for hydroxylation is 1. The first-order chi connectivity index (χ1) is 13.4. The summed E-state index contributed by atoms with van der Waals surface area (Å²) in [7, 11) is 3.94. The average Bonchev–Trinajstić information content (AvgIpc) is 3.31. The molecule has 1 aliphatic heterocycles. The fraction of sp³-hybridized carbons (Fsp3) is 0.286. The third kappa shape index (κ3) is 3.35. The van der Waals surface area contributed by atoms with E-state index in [0.717, 1.165) is 16.8 Å². The Morgan fingerprint density at radius 3 is 2.64 bits per heavy atom. The van der Waals surface area contributed by atoms with Crippen molar-refractivity contribution >= 4 is 17.3 Å². The van der Waals surface area contributed by atoms with Crippen molar-refractivity contribution < 1.29 is 13.7 Å². The highest BCUT2D eigenvalue weighted by Crippen LogP contribution is 2.33. The second-order valence-corrected chi connectivity index (χ2v) is 7.26. The van der Waals surface area contributed by atoms with Crippen molar-refractivity contribution in [3.05, 3.63) is 59.7 Å². The fourth-order valence-electron chi connectivity index (χ4n) is 3.36. The van der Waals surface area contributed by atoms with E-state index in [4.69, 9.17) is 4.52 Å². The maximum atomic E-state index is 14.2. The van der Waals surface area contributed by atoms with Gasteiger partial charge in [0.05, 0.1) is 5.69 Å². The molecule has 1 aliphatic rings. The van der Waals surface area contributed by atoms with E-state index in [1.54, 1.807) is 12.1 Å². The number of benzene rings is 2. The molecule has 0 saturated carbocycles. The Bertz CT molecular complexity index is 1010. The number of amides is 1. The van der Waals surface area contributed by atoms with E-state index in [9.17, 15) is 9.18 Å². The lowest BCUT2D eigenvalue weighted by molar-refractivity contribution is -0.117. The van der Waals surface area contributed by atoms with Gasteiger partial charge >= 0.3 is 0 Å². The highest BCUT2D eigenvalue weighted by molar-refractivity contribution is 5.96. The van der Waals surface area contributed by atoms with Crippen LogP contribution >= 0.6 is 0 Å². The van der Waals surface area contributed by atoms with Crippen LogP contribution in [0, 0.1) is 12.7 Å². The number of anilines is 2. The van der Waals surface area contributed by atoms with Gasteiger partial charge in [-0.25, -0.2) is 4.39 Å². The zero-order valence-electron chi connectivity index (χ0n) is 16.0. The minimum Gasteiger partial charge on any atom is -0.378 e. The molecule has 0 spiro atoms. The van der Waals surface area contributed by atoms with Gasteiger partial charge in [-0.05, 0) is 48.9 Å². The minimum absolute atomic E-state index is 0.142. The summed E-state index contributed by atoms with van der Waals surface area (Å²) >= 11 is 0. The molecule has 0 radical (unpaired) electrons. The van der Waals surface area contributed by atoms with Crippen molar-refractivity contribution in [3.63, 3.8) is 0 Å². The van der Waals surface area contributed by atoms with Gasteiger partial charge in [0.2, 0.25) is 5.91 Å². The first-order valence-electron chi connectivity index (χ1n) is 9.10. The summed E-state index contributed by atoms with van der Waals surface area (Å²) in [6, 6.07) is 12.5. The van der Waals surface area contributed by atoms with Crippen LogP contribution in [0.4, 0.5) is 15.8 Å². The molecule has 1 saturated heterocycles. The highest BCUT2D eigenvalue weighted by Gasteiger charge is 2.35. The first-order valence-corrected chi connectivity index (χ1v) is 9.10. The van der Waals surface area contributed by atoms with E-state index < -0.39 is 5.82 Å². The smallest absolute Gasteiger partial charge is 0.257 e. The Morgan fingerprint density at radius 1 is 1.18 bits per heavy atom. The van der Waals surface area contributed by atoms with Crippen LogP contribution in [0.3, 0.4) is 0 Å². The number of carbonyl (C=O) groups excluding carboxylic acids is 1. The molecule has 28 heavy (non-hydrogen) atoms. The molecule has 1 atom stereocenters. The number of aromatic nitrogens is 2. The van der Waals surface area contributed by atoms with Crippen molar-refractivity contribution in [1.29, 1.82) is 0 Å². The van der Waals surface area contributed by atoms with E-state index in [-0.39, 0.29) is 18.2 Å². The quantitative estimate of drug-likeness (QED) is 0.689. The first kappa shape index (κ1) is 18.2. The fourth-order valence-corrected chi connectivity index (χ4v) is 3.36. The molecule has 2 heterocycles. The van der Waals surface area contributed by atoms with E-state index in [2.05, 4.69) is 10.1 Å². The SMILES string of the molecule is Cc1ccc(F)c(N2CC(c3noc(-c4ccc(N(C)C)cc4)n3)CC2=O)c1. The van der Waals surface area contributed by atoms with Crippen molar-refractivity contribution in [3.8, 4) is 11.5 Å². The van der Waals surface area contributed by atoms with Gasteiger partial charge in [0, 0.05) is 44.2 Å². The van der Waals surface area contributed by atoms with E-state index in [1.165, 1.54) is 11.0 Å². The third-order valence-electron chi connectivity index (χ3n) is 4.96. The molecule has 3 aromatic rings. The Labute approximate surface area is 162 Å². The number of halogens is 1. The van der Waals surface area contributed by atoms with Crippen molar-refractivity contribution in [2.75, 3.05) is 30.4 Å². The maximum Gasteiger partial charge on any atom is 0.257 e. The lowest BCUT2D eigenvalue weighted by Crippen LogP contribution is -2.25. The van der Waals surface area contributed by atoms with Crippen LogP contribution in [-0.4, -0.2) is 36.7 Å². The van der Waals surface area contributed by atoms with Gasteiger partial charge in [-0.15, -0.1) is 0 Å². The minimum atomic E-state index is -0.408. The van der Waals surface area contributed by atoms with Crippen LogP contribution in [0.1, 0.15) is 23.7 Å². The summed E-state index contributed by atoms with van der Waals surface area (Å²) in [5.41, 5.74) is 3.09. The lowest BCUT2D eigenvalue weighted by Gasteiger charge is -2.17. The third-order valence-corrected chi connectivity index (χ3v) is 4.96. The van der Waals surface area contributed by atoms with E-state index in [0.29, 0.717) is 23.9 Å². The number of carbonyl (C=O) groups is 1. The van der Waals surface area contributed by atoms with Gasteiger partial charge < -0.3 is 14.3 Å². The van der Waals surface area contributed by atoms with Crippen LogP contribution in [0.15, 0.2) is 47.0 Å². The summed E-state index contributed by atoms with van der Waals surface area (Å²) in [6.45, 7) is 2.20. The second kappa shape index (κ2) is 7.07. The molecule has 0 aliphatic carbocycles. The van der Waals surface area contributed by atoms with Crippen LogP contribution in [0.5, 0.6) is 0 Å². The second-order valence-electron chi connectivity index (χ2n) is 7.26. The largest absolute Gasteiger partial charge is 0.378 e. The standard InChI is InChI=1S/C21H21FN4O2/c1-13-4-9-17(22)18(10-13)26-12-15(11-19(26)27)20-23-21(28-24-20)14-5-7-16(8-6-14)25(2)3/h4-10,15H,11-12H2,1-3H3. The van der Waals surface area contributed by atoms with Gasteiger partial charge in [-0.3, -0.25) is 4.79 Å². The van der Waals surface area contributed by atoms with Crippen molar-refractivity contribution in [1.82, 2.24) is 10.1 Å². The molecule has 1 unspecified atom stereocenters. The zero-order chi connectivity index (χ0) is 19.8. The van der Waals surface area contributed by atoms with Crippen LogP contribution < -0.4 is 9.80 Å². The molecular weight excluding hydrogens is 359 g/mol. The molecule has 4 rings (SSSR count). The van der Waals surface area contributed by atoms with Crippen LogP contribution in [0.2, 0.25) is 0 Å². The Kier molecular flexibility index (Phi) is 4.58. The van der Waals surface area contributed by atoms with Crippen LogP contribution in [0.25, 0.3) is 11.5 Å². The lowest BCUT2D eigenvalue weighted by atomic mass is 10.1. The summed E-state index contributed by atoms with van der Waals surface area (Å²) in [6.07, 6.45) is 0.228. The van der Waals surface area contributed by atoms with Gasteiger partial charge in [-0.2, -0.15) is 4.98 Å². The average molecular weight is 380 g/mol. The molecule has 6 nitrogen and oxygen atoms in total. The van der Waals surface area contributed by atoms with Gasteiger partial charge in [0.25, 0.3) is 5.89 Å². The monoisotopic (exact) mass is 380 g/mol. The molecule has 1 amide bonds. The molecule has 2 aromatic carbocycles. The summed E-state index contributed by atoms with van der Waals surface area (Å²) < 4.78 is 19.6. The highest BCUT2D eigenvalue weighted by atomic mass is 19.1. The van der Waals surface area contributed by atoms with Crippen molar-refractivity contribution in [2.45, 2.75) is 19.3 Å². The summed E-state index contributed by atoms with van der Waals surface area (Å²) in [5, 5.41) is 4.07. The van der Waals surface area contributed by atoms with Crippen molar-refractivity contribution in [2.24, 2.45) is 0 Å². The summed E-state index contributed by atoms with van der Waals surface area (Å²) in [5.74, 6) is 0.0973. The topological polar surface area (TPSA) is 62.5 Å². The Balaban J connectivity index is 1.55. The number of hydrogen-bond donors (Lipinski definition) is 0. The summed E-state index contributed by atoms with van der Waals surface area (Å²) in [4.78, 5) is 20.4. The predicted octanol–water partition coefficient (Wildman–Crippen LogP) is 3.77. The maximum absolute atomic E-state index is 14.2. The molecule has 7 heteroatoms. The Morgan fingerprint density at radius 2 is 1.93 bits per heavy atom. The van der Waals surface area contributed by atoms with Gasteiger partial charge in [0.1, 0.15) is 5.82 Å². The number of hydrogen-bond acceptors (Lipinski definition) is 5. The molecule has 1 fully saturated rings. The van der Waals surface area contributed by atoms with E-state index in [1.807, 2.05) is 50.2 Å². The van der Waals surface area contributed by atoms with Crippen LogP contribution in [-0.2, 0) is 4.79 Å². The normalized spacial score (nSPS) is 16.6. The zero-order valence-corrected chi connectivity index (χ0v) is 16.0. The molecule has 144 valence electrons. The molecular formula is C21H21FN4O2. The van der Waals surface area contributed by atoms with Gasteiger partial charge in [0.15, 0.2) is 5.82 Å². The molecule has 1 aromatic heterocycles.